The van der Waals surface area contributed by atoms with Gasteiger partial charge in [-0.25, -0.2) is 13.8 Å². The number of quaternary nitrogens is 1. The highest BCUT2D eigenvalue weighted by atomic mass is 19.1. The van der Waals surface area contributed by atoms with E-state index in [-0.39, 0.29) is 0 Å². The monoisotopic (exact) mass is 387 g/mol. The summed E-state index contributed by atoms with van der Waals surface area (Å²) in [6.45, 7) is 10.5. The summed E-state index contributed by atoms with van der Waals surface area (Å²) in [4.78, 5) is 16.4. The van der Waals surface area contributed by atoms with E-state index in [2.05, 4.69) is 25.8 Å². The topological polar surface area (TPSA) is 67.8 Å². The molecule has 2 N–H and O–H groups in total. The van der Waals surface area contributed by atoms with Gasteiger partial charge in [0.15, 0.2) is 28.7 Å². The van der Waals surface area contributed by atoms with Crippen LogP contribution in [-0.4, -0.2) is 29.7 Å². The highest BCUT2D eigenvalue weighted by Crippen LogP contribution is 2.32. The fraction of sp³-hybridized carbons (Fsp3) is 0.333. The van der Waals surface area contributed by atoms with Gasteiger partial charge in [0.1, 0.15) is 11.2 Å². The third-order valence-electron chi connectivity index (χ3n) is 4.19. The number of halogens is 4. The lowest BCUT2D eigenvalue weighted by molar-refractivity contribution is -0.894. The van der Waals surface area contributed by atoms with Gasteiger partial charge in [-0.05, 0) is 20.8 Å². The average molecular weight is 387 g/mol. The number of rotatable bonds is 3. The van der Waals surface area contributed by atoms with Crippen molar-refractivity contribution in [3.8, 4) is 17.2 Å². The van der Waals surface area contributed by atoms with Gasteiger partial charge >= 0.3 is 0 Å². The zero-order valence-electron chi connectivity index (χ0n) is 15.0. The highest BCUT2D eigenvalue weighted by Gasteiger charge is 2.24. The zero-order chi connectivity index (χ0) is 20.3. The molecule has 5 nitrogen and oxygen atoms in total. The Morgan fingerprint density at radius 3 is 2.11 bits per heavy atom. The number of nitrogens with zero attached hydrogens (tertiary/aromatic N) is 1. The number of fused-ring (bicyclic) bond motifs is 2. The van der Waals surface area contributed by atoms with E-state index in [1.165, 1.54) is 19.6 Å². The van der Waals surface area contributed by atoms with Gasteiger partial charge in [-0.2, -0.15) is 8.78 Å². The van der Waals surface area contributed by atoms with Gasteiger partial charge in [-0.3, -0.25) is 4.79 Å². The summed E-state index contributed by atoms with van der Waals surface area (Å²) < 4.78 is 58.2. The molecule has 3 rings (SSSR count). The minimum Gasteiger partial charge on any atom is -0.503 e. The van der Waals surface area contributed by atoms with Crippen molar-refractivity contribution in [3.63, 3.8) is 0 Å². The predicted octanol–water partition coefficient (Wildman–Crippen LogP) is 2.49. The third kappa shape index (κ3) is 4.02. The number of benzene rings is 2. The smallest absolute Gasteiger partial charge is 0.253 e. The van der Waals surface area contributed by atoms with Crippen LogP contribution in [0, 0.1) is 23.3 Å². The van der Waals surface area contributed by atoms with Crippen molar-refractivity contribution in [2.45, 2.75) is 20.8 Å². The molecule has 0 saturated carbocycles. The van der Waals surface area contributed by atoms with Crippen molar-refractivity contribution in [1.82, 2.24) is 4.98 Å². The van der Waals surface area contributed by atoms with E-state index >= 15 is 0 Å². The van der Waals surface area contributed by atoms with Crippen LogP contribution in [0.2, 0.25) is 0 Å². The lowest BCUT2D eigenvalue weighted by atomic mass is 10.2. The van der Waals surface area contributed by atoms with Crippen molar-refractivity contribution < 1.29 is 32.0 Å². The molecule has 146 valence electrons. The number of aromatic hydroxyl groups is 1. The maximum absolute atomic E-state index is 13.6. The Labute approximate surface area is 152 Å². The van der Waals surface area contributed by atoms with Gasteiger partial charge in [0, 0.05) is 12.1 Å². The second-order valence-electron chi connectivity index (χ2n) is 5.74. The minimum atomic E-state index is -1.59. The minimum absolute atomic E-state index is 0.400. The summed E-state index contributed by atoms with van der Waals surface area (Å²) in [7, 11) is 0. The largest absolute Gasteiger partial charge is 0.503 e. The van der Waals surface area contributed by atoms with Crippen molar-refractivity contribution in [2.75, 3.05) is 19.6 Å². The van der Waals surface area contributed by atoms with Crippen LogP contribution in [0.5, 0.6) is 5.75 Å². The molecule has 0 aromatic heterocycles. The second kappa shape index (κ2) is 8.34. The van der Waals surface area contributed by atoms with E-state index in [1.807, 2.05) is 0 Å². The molecule has 0 unspecified atom stereocenters. The molecule has 27 heavy (non-hydrogen) atoms. The van der Waals surface area contributed by atoms with Gasteiger partial charge in [0.05, 0.1) is 19.6 Å². The Balaban J connectivity index is 0.000000321. The van der Waals surface area contributed by atoms with E-state index in [4.69, 9.17) is 9.52 Å². The van der Waals surface area contributed by atoms with Crippen LogP contribution in [-0.2, 0) is 0 Å². The second-order valence-corrected chi connectivity index (χ2v) is 5.74. The number of hydrogen-bond donors (Lipinski definition) is 2. The fourth-order valence-electron chi connectivity index (χ4n) is 2.49. The Hall–Kier alpha value is -2.68. The molecule has 0 atom stereocenters. The van der Waals surface area contributed by atoms with E-state index in [0.717, 1.165) is 0 Å². The summed E-state index contributed by atoms with van der Waals surface area (Å²) in [6.07, 6.45) is 0. The maximum Gasteiger partial charge on any atom is 0.253 e. The lowest BCUT2D eigenvalue weighted by Crippen LogP contribution is -3.11. The van der Waals surface area contributed by atoms with Crippen LogP contribution in [0.1, 0.15) is 20.8 Å². The molecule has 0 radical (unpaired) electrons. The number of nitrogens with one attached hydrogen (secondary N) is 1. The van der Waals surface area contributed by atoms with Gasteiger partial charge in [-0.1, -0.05) is 0 Å². The van der Waals surface area contributed by atoms with Gasteiger partial charge in [0.2, 0.25) is 11.6 Å². The van der Waals surface area contributed by atoms with Crippen molar-refractivity contribution in [2.24, 2.45) is 0 Å². The number of phenolic OH excluding ortho intramolecular Hbond substituents is 1. The molecule has 1 aliphatic heterocycles. The Kier molecular flexibility index (Phi) is 6.37. The van der Waals surface area contributed by atoms with Gasteiger partial charge < -0.3 is 14.4 Å². The third-order valence-corrected chi connectivity index (χ3v) is 4.19. The van der Waals surface area contributed by atoms with E-state index < -0.39 is 57.0 Å². The summed E-state index contributed by atoms with van der Waals surface area (Å²) >= 11 is 0. The molecule has 0 saturated heterocycles. The number of aromatic nitrogens is 1. The molecule has 9 heteroatoms. The Morgan fingerprint density at radius 1 is 1.00 bits per heavy atom. The first kappa shape index (κ1) is 20.6. The molecule has 0 amide bonds. The molecule has 0 spiro atoms. The molecule has 1 aliphatic carbocycles. The van der Waals surface area contributed by atoms with Crippen LogP contribution in [0.3, 0.4) is 0 Å². The maximum atomic E-state index is 13.6. The highest BCUT2D eigenvalue weighted by molar-refractivity contribution is 5.78. The molecule has 2 aliphatic rings. The number of phenols is 1. The quantitative estimate of drug-likeness (QED) is 0.535. The first-order valence-electron chi connectivity index (χ1n) is 8.38. The first-order valence-corrected chi connectivity index (χ1v) is 8.38. The molecular weight excluding hydrogens is 368 g/mol. The van der Waals surface area contributed by atoms with Crippen molar-refractivity contribution in [1.29, 1.82) is 0 Å². The van der Waals surface area contributed by atoms with Crippen LogP contribution < -0.4 is 10.3 Å². The Bertz CT molecular complexity index is 981. The SMILES string of the molecule is CC[NH+](CC)CC.O=c1c(F)cc2nc3cc(F)c(O)c(F)c3oc-2c1F. The fourth-order valence-corrected chi connectivity index (χ4v) is 2.49. The molecular formula is C18H19F4N2O3+. The first-order chi connectivity index (χ1) is 12.7. The predicted molar refractivity (Wildman–Crippen MR) is 91.0 cm³/mol. The standard InChI is InChI=1S/C12H3F4NO3.C6H15N/c13-3-1-5-11(7(15)9(3)18)20-12-6(17-5)2-4(14)10(19)8(12)16;1-4-7(5-2)6-3/h1-2,18H;4-6H2,1-3H3/p+1. The van der Waals surface area contributed by atoms with Crippen molar-refractivity contribution >= 4 is 11.1 Å². The average Bonchev–Trinajstić information content (AvgIpc) is 2.65. The van der Waals surface area contributed by atoms with Gasteiger partial charge in [0.25, 0.3) is 5.43 Å². The molecule has 1 aromatic carbocycles. The van der Waals surface area contributed by atoms with Crippen LogP contribution in [0.15, 0.2) is 21.3 Å². The molecule has 1 heterocycles. The van der Waals surface area contributed by atoms with Crippen molar-refractivity contribution in [3.05, 3.63) is 45.6 Å². The van der Waals surface area contributed by atoms with Gasteiger partial charge in [-0.15, -0.1) is 0 Å². The summed E-state index contributed by atoms with van der Waals surface area (Å²) in [5.41, 5.74) is -3.13. The summed E-state index contributed by atoms with van der Waals surface area (Å²) in [5, 5.41) is 9.09. The van der Waals surface area contributed by atoms with Crippen LogP contribution >= 0.6 is 0 Å². The Morgan fingerprint density at radius 2 is 1.59 bits per heavy atom. The zero-order valence-corrected chi connectivity index (χ0v) is 15.0. The number of hydrogen-bond acceptors (Lipinski definition) is 4. The summed E-state index contributed by atoms with van der Waals surface area (Å²) in [5.74, 6) is -7.90. The van der Waals surface area contributed by atoms with E-state index in [0.29, 0.717) is 12.1 Å². The van der Waals surface area contributed by atoms with Crippen LogP contribution in [0.25, 0.3) is 22.6 Å². The van der Waals surface area contributed by atoms with E-state index in [9.17, 15) is 22.4 Å². The molecule has 0 bridgehead atoms. The normalized spacial score (nSPS) is 11.1. The summed E-state index contributed by atoms with van der Waals surface area (Å²) in [6, 6.07) is 1.23. The lowest BCUT2D eigenvalue weighted by Gasteiger charge is -2.10. The van der Waals surface area contributed by atoms with E-state index in [1.54, 1.807) is 4.90 Å². The molecule has 1 aromatic rings. The molecule has 0 fully saturated rings. The van der Waals surface area contributed by atoms with Crippen LogP contribution in [0.4, 0.5) is 17.6 Å².